The summed E-state index contributed by atoms with van der Waals surface area (Å²) in [4.78, 5) is 4.76. The Morgan fingerprint density at radius 1 is 1.46 bits per heavy atom. The van der Waals surface area contributed by atoms with Crippen LogP contribution in [-0.4, -0.2) is 24.2 Å². The molecule has 0 spiro atoms. The Morgan fingerprint density at radius 3 is 2.83 bits per heavy atom. The molecule has 0 unspecified atom stereocenters. The first-order valence-electron chi connectivity index (χ1n) is 6.88. The lowest BCUT2D eigenvalue weighted by Gasteiger charge is -2.01. The minimum absolute atomic E-state index is 0.258. The predicted octanol–water partition coefficient (Wildman–Crippen LogP) is 3.71. The van der Waals surface area contributed by atoms with E-state index in [9.17, 15) is 8.42 Å². The van der Waals surface area contributed by atoms with Gasteiger partial charge in [-0.1, -0.05) is 29.8 Å². The lowest BCUT2D eigenvalue weighted by molar-refractivity contribution is 0.609. The molecular formula is C16H12ClN3O2S2. The van der Waals surface area contributed by atoms with Crippen LogP contribution in [0, 0.1) is 11.3 Å². The van der Waals surface area contributed by atoms with E-state index >= 15 is 0 Å². The highest BCUT2D eigenvalue weighted by Crippen LogP contribution is 2.27. The van der Waals surface area contributed by atoms with Crippen LogP contribution in [0.4, 0.5) is 0 Å². The number of halogens is 1. The van der Waals surface area contributed by atoms with Gasteiger partial charge in [0.1, 0.15) is 11.0 Å². The summed E-state index contributed by atoms with van der Waals surface area (Å²) < 4.78 is 25.8. The van der Waals surface area contributed by atoms with Gasteiger partial charge in [-0.2, -0.15) is 5.26 Å². The molecule has 0 saturated heterocycles. The van der Waals surface area contributed by atoms with Crippen LogP contribution in [0.25, 0.3) is 17.0 Å². The van der Waals surface area contributed by atoms with Crippen molar-refractivity contribution in [1.29, 1.82) is 5.26 Å². The molecule has 0 radical (unpaired) electrons. The van der Waals surface area contributed by atoms with Crippen LogP contribution in [0.3, 0.4) is 0 Å². The summed E-state index contributed by atoms with van der Waals surface area (Å²) in [6.45, 7) is 0.569. The molecule has 1 aromatic carbocycles. The number of hydrogen-bond donors (Lipinski definition) is 0. The zero-order valence-electron chi connectivity index (χ0n) is 12.6. The molecule has 0 aliphatic heterocycles. The van der Waals surface area contributed by atoms with E-state index in [1.807, 2.05) is 35.0 Å². The summed E-state index contributed by atoms with van der Waals surface area (Å²) in [5.74, 6) is 0. The predicted molar refractivity (Wildman–Crippen MR) is 96.6 cm³/mol. The molecule has 0 saturated carbocycles. The molecule has 24 heavy (non-hydrogen) atoms. The third-order valence-corrected chi connectivity index (χ3v) is 5.57. The van der Waals surface area contributed by atoms with Gasteiger partial charge in [0.25, 0.3) is 0 Å². The number of fused-ring (bicyclic) bond motifs is 1. The Bertz CT molecular complexity index is 1090. The molecule has 0 fully saturated rings. The topological polar surface area (TPSA) is 75.8 Å². The van der Waals surface area contributed by atoms with Gasteiger partial charge in [-0.05, 0) is 12.1 Å². The maximum absolute atomic E-state index is 11.7. The highest BCUT2D eigenvalue weighted by Gasteiger charge is 2.14. The number of nitrogens with zero attached hydrogens (tertiary/aromatic N) is 3. The maximum atomic E-state index is 11.7. The summed E-state index contributed by atoms with van der Waals surface area (Å²) in [7, 11) is -3.56. The number of rotatable bonds is 4. The average Bonchev–Trinajstić information content (AvgIpc) is 3.08. The summed E-state index contributed by atoms with van der Waals surface area (Å²) in [5, 5.41) is 9.99. The first kappa shape index (κ1) is 16.7. The number of para-hydroxylation sites is 1. The summed E-state index contributed by atoms with van der Waals surface area (Å²) in [6.07, 6.45) is 5.99. The van der Waals surface area contributed by atoms with Crippen molar-refractivity contribution in [2.45, 2.75) is 6.54 Å². The average molecular weight is 378 g/mol. The third kappa shape index (κ3) is 3.36. The van der Waals surface area contributed by atoms with Crippen molar-refractivity contribution >= 4 is 49.8 Å². The number of nitriles is 1. The lowest BCUT2D eigenvalue weighted by Crippen LogP contribution is -1.98. The van der Waals surface area contributed by atoms with Gasteiger partial charge in [0.2, 0.25) is 0 Å². The summed E-state index contributed by atoms with van der Waals surface area (Å²) >= 11 is 7.27. The van der Waals surface area contributed by atoms with Crippen LogP contribution in [0.1, 0.15) is 10.4 Å². The van der Waals surface area contributed by atoms with Crippen molar-refractivity contribution in [3.63, 3.8) is 0 Å². The smallest absolute Gasteiger partial charge is 0.185 e. The van der Waals surface area contributed by atoms with Gasteiger partial charge in [0.15, 0.2) is 14.3 Å². The lowest BCUT2D eigenvalue weighted by atomic mass is 10.1. The molecule has 3 rings (SSSR count). The molecule has 0 amide bonds. The molecular weight excluding hydrogens is 366 g/mol. The van der Waals surface area contributed by atoms with E-state index in [0.717, 1.165) is 22.0 Å². The number of hydrogen-bond acceptors (Lipinski definition) is 5. The van der Waals surface area contributed by atoms with Crippen LogP contribution in [-0.2, 0) is 16.4 Å². The monoisotopic (exact) mass is 377 g/mol. The number of sulfone groups is 1. The van der Waals surface area contributed by atoms with E-state index in [4.69, 9.17) is 16.9 Å². The summed E-state index contributed by atoms with van der Waals surface area (Å²) in [6, 6.07) is 9.39. The van der Waals surface area contributed by atoms with Crippen molar-refractivity contribution < 1.29 is 8.42 Å². The zero-order chi connectivity index (χ0) is 17.3. The fourth-order valence-corrected chi connectivity index (χ4v) is 3.89. The second-order valence-electron chi connectivity index (χ2n) is 5.20. The largest absolute Gasteiger partial charge is 0.342 e. The van der Waals surface area contributed by atoms with E-state index in [1.165, 1.54) is 17.4 Å². The number of benzene rings is 1. The van der Waals surface area contributed by atoms with Crippen molar-refractivity contribution in [1.82, 2.24) is 9.55 Å². The molecule has 0 N–H and O–H groups in total. The van der Waals surface area contributed by atoms with E-state index in [0.29, 0.717) is 16.6 Å². The minimum Gasteiger partial charge on any atom is -0.342 e. The van der Waals surface area contributed by atoms with Gasteiger partial charge < -0.3 is 4.57 Å². The standard InChI is InChI=1S/C16H12ClN3O2S2/c1-24(21,22)13(7-18)6-11-9-20(10-12-8-19-16(17)23-12)15-5-3-2-4-14(11)15/h2-6,8-9H,10H2,1H3/b13-6-. The second kappa shape index (κ2) is 6.40. The quantitative estimate of drug-likeness (QED) is 0.649. The molecule has 0 atom stereocenters. The van der Waals surface area contributed by atoms with Crippen LogP contribution in [0.15, 0.2) is 41.6 Å². The first-order chi connectivity index (χ1) is 11.4. The third-order valence-electron chi connectivity index (χ3n) is 3.47. The minimum atomic E-state index is -3.56. The maximum Gasteiger partial charge on any atom is 0.185 e. The summed E-state index contributed by atoms with van der Waals surface area (Å²) in [5.41, 5.74) is 1.63. The molecule has 3 aromatic rings. The molecule has 122 valence electrons. The molecule has 2 aromatic heterocycles. The van der Waals surface area contributed by atoms with Crippen LogP contribution < -0.4 is 0 Å². The van der Waals surface area contributed by atoms with Gasteiger partial charge in [-0.3, -0.25) is 0 Å². The molecule has 0 aliphatic rings. The molecule has 2 heterocycles. The van der Waals surface area contributed by atoms with Gasteiger partial charge in [-0.15, -0.1) is 11.3 Å². The Hall–Kier alpha value is -2.14. The molecule has 0 aliphatic carbocycles. The van der Waals surface area contributed by atoms with Crippen LogP contribution in [0.2, 0.25) is 4.47 Å². The Balaban J connectivity index is 2.14. The highest BCUT2D eigenvalue weighted by molar-refractivity contribution is 7.95. The van der Waals surface area contributed by atoms with Gasteiger partial charge in [-0.25, -0.2) is 13.4 Å². The van der Waals surface area contributed by atoms with Gasteiger partial charge in [0, 0.05) is 40.0 Å². The number of thiazole rings is 1. The van der Waals surface area contributed by atoms with E-state index in [1.54, 1.807) is 12.3 Å². The Kier molecular flexibility index (Phi) is 4.45. The Labute approximate surface area is 148 Å². The van der Waals surface area contributed by atoms with Crippen molar-refractivity contribution in [3.8, 4) is 6.07 Å². The van der Waals surface area contributed by atoms with Gasteiger partial charge in [0.05, 0.1) is 6.54 Å². The molecule has 8 heteroatoms. The fourth-order valence-electron chi connectivity index (χ4n) is 2.41. The number of aromatic nitrogens is 2. The highest BCUT2D eigenvalue weighted by atomic mass is 35.5. The van der Waals surface area contributed by atoms with Crippen LogP contribution in [0.5, 0.6) is 0 Å². The second-order valence-corrected chi connectivity index (χ2v) is 8.88. The van der Waals surface area contributed by atoms with Crippen molar-refractivity contribution in [2.24, 2.45) is 0 Å². The fraction of sp³-hybridized carbons (Fsp3) is 0.125. The first-order valence-corrected chi connectivity index (χ1v) is 9.97. The molecule has 0 bridgehead atoms. The van der Waals surface area contributed by atoms with Crippen LogP contribution >= 0.6 is 22.9 Å². The van der Waals surface area contributed by atoms with Crippen molar-refractivity contribution in [3.05, 3.63) is 56.5 Å². The van der Waals surface area contributed by atoms with E-state index < -0.39 is 9.84 Å². The van der Waals surface area contributed by atoms with Crippen molar-refractivity contribution in [2.75, 3.05) is 6.26 Å². The zero-order valence-corrected chi connectivity index (χ0v) is 15.0. The number of allylic oxidation sites excluding steroid dienone is 1. The van der Waals surface area contributed by atoms with E-state index in [-0.39, 0.29) is 4.91 Å². The van der Waals surface area contributed by atoms with Gasteiger partial charge >= 0.3 is 0 Å². The molecule has 5 nitrogen and oxygen atoms in total. The van der Waals surface area contributed by atoms with E-state index in [2.05, 4.69) is 4.98 Å². The SMILES string of the molecule is CS(=O)(=O)/C(C#N)=C\c1cn(Cc2cnc(Cl)s2)c2ccccc12. The normalized spacial score (nSPS) is 12.5. The Morgan fingerprint density at radius 2 is 2.21 bits per heavy atom.